The van der Waals surface area contributed by atoms with Crippen LogP contribution in [0.2, 0.25) is 0 Å². The maximum absolute atomic E-state index is 5.99. The van der Waals surface area contributed by atoms with Crippen LogP contribution in [0.5, 0.6) is 0 Å². The molecule has 0 aliphatic heterocycles. The summed E-state index contributed by atoms with van der Waals surface area (Å²) in [6.45, 7) is 0.717. The second kappa shape index (κ2) is 6.24. The molecule has 4 nitrogen and oxygen atoms in total. The van der Waals surface area contributed by atoms with Crippen molar-refractivity contribution in [1.82, 2.24) is 9.36 Å². The van der Waals surface area contributed by atoms with Crippen LogP contribution in [0.25, 0.3) is 11.1 Å². The van der Waals surface area contributed by atoms with Gasteiger partial charge in [-0.25, -0.2) is 0 Å². The number of halogens is 1. The molecule has 2 aromatic heterocycles. The first-order valence-corrected chi connectivity index (χ1v) is 7.94. The Bertz CT molecular complexity index is 742. The molecule has 2 heterocycles. The van der Waals surface area contributed by atoms with Gasteiger partial charge in [0.1, 0.15) is 10.8 Å². The Morgan fingerprint density at radius 3 is 2.90 bits per heavy atom. The number of nitrogens with one attached hydrogen (secondary N) is 1. The van der Waals surface area contributed by atoms with Gasteiger partial charge in [-0.1, -0.05) is 34.1 Å². The minimum Gasteiger partial charge on any atom is -0.382 e. The molecule has 1 aromatic carbocycles. The van der Waals surface area contributed by atoms with Crippen molar-refractivity contribution in [1.29, 1.82) is 0 Å². The van der Waals surface area contributed by atoms with E-state index in [1.165, 1.54) is 17.1 Å². The molecular weight excluding hydrogens is 348 g/mol. The number of aromatic nitrogens is 2. The number of rotatable bonds is 4. The molecule has 0 atom stereocenters. The Balaban J connectivity index is 1.84. The summed E-state index contributed by atoms with van der Waals surface area (Å²) in [6, 6.07) is 12.1. The van der Waals surface area contributed by atoms with Gasteiger partial charge in [0.25, 0.3) is 0 Å². The first-order chi connectivity index (χ1) is 10.2. The zero-order valence-electron chi connectivity index (χ0n) is 11.1. The van der Waals surface area contributed by atoms with Crippen molar-refractivity contribution in [2.75, 3.05) is 11.1 Å². The van der Waals surface area contributed by atoms with E-state index in [-0.39, 0.29) is 0 Å². The van der Waals surface area contributed by atoms with E-state index in [0.29, 0.717) is 12.4 Å². The second-order valence-corrected chi connectivity index (χ2v) is 6.19. The predicted molar refractivity (Wildman–Crippen MR) is 91.2 cm³/mol. The third-order valence-corrected chi connectivity index (χ3v) is 4.32. The Labute approximate surface area is 135 Å². The van der Waals surface area contributed by atoms with Gasteiger partial charge in [0, 0.05) is 29.0 Å². The topological polar surface area (TPSA) is 63.8 Å². The molecule has 0 spiro atoms. The third-order valence-electron chi connectivity index (χ3n) is 3.01. The van der Waals surface area contributed by atoms with Gasteiger partial charge in [-0.05, 0) is 35.3 Å². The fourth-order valence-electron chi connectivity index (χ4n) is 2.04. The summed E-state index contributed by atoms with van der Waals surface area (Å²) in [6.07, 6.45) is 3.54. The number of pyridine rings is 1. The van der Waals surface area contributed by atoms with E-state index in [1.807, 2.05) is 24.3 Å². The highest BCUT2D eigenvalue weighted by Gasteiger charge is 2.13. The molecule has 0 bridgehead atoms. The fraction of sp³-hybridized carbons (Fsp3) is 0.0667. The van der Waals surface area contributed by atoms with Gasteiger partial charge in [-0.15, -0.1) is 0 Å². The van der Waals surface area contributed by atoms with Crippen molar-refractivity contribution in [3.05, 3.63) is 58.8 Å². The standard InChI is InChI=1S/C15H13BrN4S/c16-12-5-1-3-10(7-12)8-19-15-13(14(17)20-21-15)11-4-2-6-18-9-11/h1-7,9,19H,8H2,(H2,17,20). The van der Waals surface area contributed by atoms with Gasteiger partial charge in [0.05, 0.1) is 5.56 Å². The smallest absolute Gasteiger partial charge is 0.147 e. The summed E-state index contributed by atoms with van der Waals surface area (Å²) in [7, 11) is 0. The lowest BCUT2D eigenvalue weighted by Gasteiger charge is -2.07. The molecule has 106 valence electrons. The molecule has 6 heteroatoms. The molecule has 0 amide bonds. The Morgan fingerprint density at radius 1 is 1.24 bits per heavy atom. The van der Waals surface area contributed by atoms with Gasteiger partial charge in [-0.2, -0.15) is 4.37 Å². The van der Waals surface area contributed by atoms with Crippen LogP contribution in [-0.4, -0.2) is 9.36 Å². The average molecular weight is 361 g/mol. The SMILES string of the molecule is Nc1nsc(NCc2cccc(Br)c2)c1-c1cccnc1. The molecule has 0 aliphatic rings. The largest absolute Gasteiger partial charge is 0.382 e. The molecule has 0 fully saturated rings. The van der Waals surface area contributed by atoms with Gasteiger partial charge in [0.2, 0.25) is 0 Å². The first-order valence-electron chi connectivity index (χ1n) is 6.38. The van der Waals surface area contributed by atoms with E-state index < -0.39 is 0 Å². The molecular formula is C15H13BrN4S. The molecule has 0 radical (unpaired) electrons. The van der Waals surface area contributed by atoms with Crippen molar-refractivity contribution < 1.29 is 0 Å². The van der Waals surface area contributed by atoms with Crippen LogP contribution in [0.3, 0.4) is 0 Å². The number of hydrogen-bond donors (Lipinski definition) is 2. The summed E-state index contributed by atoms with van der Waals surface area (Å²) < 4.78 is 5.31. The lowest BCUT2D eigenvalue weighted by atomic mass is 10.1. The minimum atomic E-state index is 0.532. The van der Waals surface area contributed by atoms with E-state index >= 15 is 0 Å². The van der Waals surface area contributed by atoms with E-state index in [1.54, 1.807) is 12.4 Å². The van der Waals surface area contributed by atoms with E-state index in [4.69, 9.17) is 5.73 Å². The Kier molecular flexibility index (Phi) is 4.17. The average Bonchev–Trinajstić information content (AvgIpc) is 2.87. The first kappa shape index (κ1) is 14.0. The number of nitrogens with zero attached hydrogens (tertiary/aromatic N) is 2. The lowest BCUT2D eigenvalue weighted by Crippen LogP contribution is -1.99. The molecule has 3 N–H and O–H groups in total. The number of nitrogens with two attached hydrogens (primary N) is 1. The van der Waals surface area contributed by atoms with E-state index in [0.717, 1.165) is 20.6 Å². The summed E-state index contributed by atoms with van der Waals surface area (Å²) in [4.78, 5) is 4.14. The van der Waals surface area contributed by atoms with Crippen LogP contribution in [0.4, 0.5) is 10.8 Å². The number of nitrogen functional groups attached to an aromatic ring is 1. The molecule has 3 aromatic rings. The van der Waals surface area contributed by atoms with Gasteiger partial charge in [-0.3, -0.25) is 4.98 Å². The van der Waals surface area contributed by atoms with E-state index in [9.17, 15) is 0 Å². The van der Waals surface area contributed by atoms with Crippen molar-refractivity contribution in [2.24, 2.45) is 0 Å². The Morgan fingerprint density at radius 2 is 2.14 bits per heavy atom. The Hall–Kier alpha value is -1.92. The van der Waals surface area contributed by atoms with Crippen LogP contribution in [0.15, 0.2) is 53.3 Å². The monoisotopic (exact) mass is 360 g/mol. The summed E-state index contributed by atoms with van der Waals surface area (Å²) in [5, 5.41) is 4.36. The molecule has 0 aliphatic carbocycles. The zero-order chi connectivity index (χ0) is 14.7. The van der Waals surface area contributed by atoms with Crippen LogP contribution in [0, 0.1) is 0 Å². The summed E-state index contributed by atoms with van der Waals surface area (Å²) in [5.74, 6) is 0.532. The highest BCUT2D eigenvalue weighted by atomic mass is 79.9. The van der Waals surface area contributed by atoms with Crippen LogP contribution < -0.4 is 11.1 Å². The molecule has 21 heavy (non-hydrogen) atoms. The van der Waals surface area contributed by atoms with Crippen LogP contribution >= 0.6 is 27.5 Å². The quantitative estimate of drug-likeness (QED) is 0.732. The fourth-order valence-corrected chi connectivity index (χ4v) is 3.22. The van der Waals surface area contributed by atoms with Gasteiger partial charge < -0.3 is 11.1 Å². The summed E-state index contributed by atoms with van der Waals surface area (Å²) >= 11 is 4.85. The summed E-state index contributed by atoms with van der Waals surface area (Å²) in [5.41, 5.74) is 9.07. The van der Waals surface area contributed by atoms with Gasteiger partial charge in [0.15, 0.2) is 0 Å². The highest BCUT2D eigenvalue weighted by Crippen LogP contribution is 2.36. The van der Waals surface area contributed by atoms with E-state index in [2.05, 4.69) is 42.7 Å². The maximum Gasteiger partial charge on any atom is 0.147 e. The number of hydrogen-bond acceptors (Lipinski definition) is 5. The maximum atomic E-state index is 5.99. The lowest BCUT2D eigenvalue weighted by molar-refractivity contribution is 1.16. The zero-order valence-corrected chi connectivity index (χ0v) is 13.5. The molecule has 0 saturated carbocycles. The van der Waals surface area contributed by atoms with Crippen molar-refractivity contribution in [2.45, 2.75) is 6.54 Å². The second-order valence-electron chi connectivity index (χ2n) is 4.50. The molecule has 0 saturated heterocycles. The molecule has 3 rings (SSSR count). The van der Waals surface area contributed by atoms with Crippen molar-refractivity contribution >= 4 is 38.3 Å². The van der Waals surface area contributed by atoms with Crippen LogP contribution in [-0.2, 0) is 6.54 Å². The predicted octanol–water partition coefficient (Wildman–Crippen LogP) is 4.16. The van der Waals surface area contributed by atoms with Crippen molar-refractivity contribution in [3.8, 4) is 11.1 Å². The number of benzene rings is 1. The normalized spacial score (nSPS) is 10.5. The highest BCUT2D eigenvalue weighted by molar-refractivity contribution is 9.10. The minimum absolute atomic E-state index is 0.532. The molecule has 0 unspecified atom stereocenters. The van der Waals surface area contributed by atoms with Gasteiger partial charge >= 0.3 is 0 Å². The third kappa shape index (κ3) is 3.22. The van der Waals surface area contributed by atoms with Crippen molar-refractivity contribution in [3.63, 3.8) is 0 Å². The van der Waals surface area contributed by atoms with Crippen LogP contribution in [0.1, 0.15) is 5.56 Å². The number of anilines is 2.